The minimum atomic E-state index is 0.0256. The Morgan fingerprint density at radius 1 is 1.17 bits per heavy atom. The zero-order valence-electron chi connectivity index (χ0n) is 17.6. The number of carbonyl (C=O) groups is 1. The van der Waals surface area contributed by atoms with Crippen molar-refractivity contribution >= 4 is 5.91 Å². The van der Waals surface area contributed by atoms with Gasteiger partial charge in [0.05, 0.1) is 23.0 Å². The Morgan fingerprint density at radius 2 is 1.97 bits per heavy atom. The lowest BCUT2D eigenvalue weighted by Gasteiger charge is -2.25. The number of hydrogen-bond donors (Lipinski definition) is 0. The van der Waals surface area contributed by atoms with Crippen LogP contribution in [0.25, 0.3) is 0 Å². The van der Waals surface area contributed by atoms with Crippen molar-refractivity contribution in [3.63, 3.8) is 0 Å². The van der Waals surface area contributed by atoms with Gasteiger partial charge in [0.15, 0.2) is 0 Å². The van der Waals surface area contributed by atoms with Crippen molar-refractivity contribution in [2.75, 3.05) is 6.54 Å². The van der Waals surface area contributed by atoms with Crippen molar-refractivity contribution in [3.8, 4) is 0 Å². The summed E-state index contributed by atoms with van der Waals surface area (Å²) in [6, 6.07) is 12.9. The molecule has 1 aromatic carbocycles. The smallest absolute Gasteiger partial charge is 0.257 e. The van der Waals surface area contributed by atoms with Gasteiger partial charge in [-0.3, -0.25) is 14.5 Å². The lowest BCUT2D eigenvalue weighted by molar-refractivity contribution is 0.0732. The van der Waals surface area contributed by atoms with Crippen molar-refractivity contribution in [2.45, 2.75) is 46.1 Å². The molecule has 4 rings (SSSR count). The van der Waals surface area contributed by atoms with E-state index in [1.807, 2.05) is 32.0 Å². The van der Waals surface area contributed by atoms with Crippen LogP contribution in [0.5, 0.6) is 0 Å². The van der Waals surface area contributed by atoms with Gasteiger partial charge in [0.2, 0.25) is 0 Å². The Hall–Kier alpha value is -2.95. The van der Waals surface area contributed by atoms with E-state index in [2.05, 4.69) is 48.4 Å². The number of benzene rings is 1. The first-order chi connectivity index (χ1) is 13.9. The van der Waals surface area contributed by atoms with Crippen molar-refractivity contribution in [3.05, 3.63) is 81.9 Å². The number of amides is 1. The zero-order valence-corrected chi connectivity index (χ0v) is 17.6. The Morgan fingerprint density at radius 3 is 2.69 bits per heavy atom. The molecule has 0 saturated carbocycles. The van der Waals surface area contributed by atoms with Gasteiger partial charge in [0, 0.05) is 25.5 Å². The molecular weight excluding hydrogens is 360 g/mol. The number of carbonyl (C=O) groups excluding carboxylic acids is 1. The minimum Gasteiger partial charge on any atom is -0.330 e. The molecule has 3 aromatic rings. The predicted octanol–water partition coefficient (Wildman–Crippen LogP) is 4.31. The molecule has 1 fully saturated rings. The lowest BCUT2D eigenvalue weighted by Crippen LogP contribution is -2.31. The Kier molecular flexibility index (Phi) is 5.22. The monoisotopic (exact) mass is 388 g/mol. The molecule has 1 saturated heterocycles. The van der Waals surface area contributed by atoms with Crippen LogP contribution in [0.15, 0.2) is 42.6 Å². The molecule has 0 radical (unpaired) electrons. The number of hydrogen-bond acceptors (Lipinski definition) is 3. The van der Waals surface area contributed by atoms with Gasteiger partial charge in [0.25, 0.3) is 5.91 Å². The van der Waals surface area contributed by atoms with Crippen molar-refractivity contribution in [1.29, 1.82) is 0 Å². The highest BCUT2D eigenvalue weighted by Gasteiger charge is 2.33. The van der Waals surface area contributed by atoms with Crippen LogP contribution < -0.4 is 0 Å². The summed E-state index contributed by atoms with van der Waals surface area (Å²) < 4.78 is 1.71. The number of nitrogens with zero attached hydrogens (tertiary/aromatic N) is 4. The number of aryl methyl sites for hydroxylation is 4. The summed E-state index contributed by atoms with van der Waals surface area (Å²) in [7, 11) is 1.85. The second-order valence-electron chi connectivity index (χ2n) is 8.10. The largest absolute Gasteiger partial charge is 0.330 e. The van der Waals surface area contributed by atoms with E-state index in [-0.39, 0.29) is 11.9 Å². The molecule has 1 atom stereocenters. The maximum Gasteiger partial charge on any atom is 0.257 e. The van der Waals surface area contributed by atoms with Crippen LogP contribution in [0.2, 0.25) is 0 Å². The average molecular weight is 389 g/mol. The highest BCUT2D eigenvalue weighted by molar-refractivity contribution is 5.95. The summed E-state index contributed by atoms with van der Waals surface area (Å²) in [4.78, 5) is 20.0. The third kappa shape index (κ3) is 3.95. The van der Waals surface area contributed by atoms with Gasteiger partial charge >= 0.3 is 0 Å². The summed E-state index contributed by atoms with van der Waals surface area (Å²) in [5, 5.41) is 4.34. The second kappa shape index (κ2) is 7.82. The molecule has 1 unspecified atom stereocenters. The van der Waals surface area contributed by atoms with E-state index in [4.69, 9.17) is 4.98 Å². The van der Waals surface area contributed by atoms with E-state index in [1.165, 1.54) is 16.7 Å². The Balaban J connectivity index is 1.63. The molecule has 0 N–H and O–H groups in total. The van der Waals surface area contributed by atoms with Gasteiger partial charge in [-0.25, -0.2) is 0 Å². The van der Waals surface area contributed by atoms with Crippen LogP contribution >= 0.6 is 0 Å². The van der Waals surface area contributed by atoms with Crippen LogP contribution in [-0.4, -0.2) is 32.1 Å². The molecule has 1 amide bonds. The Labute approximate surface area is 172 Å². The van der Waals surface area contributed by atoms with Crippen LogP contribution in [0.3, 0.4) is 0 Å². The molecule has 3 heterocycles. The minimum absolute atomic E-state index is 0.0256. The van der Waals surface area contributed by atoms with Crippen LogP contribution in [0.1, 0.15) is 63.0 Å². The first-order valence-electron chi connectivity index (χ1n) is 10.3. The van der Waals surface area contributed by atoms with E-state index in [1.54, 1.807) is 4.68 Å². The van der Waals surface area contributed by atoms with Crippen molar-refractivity contribution in [2.24, 2.45) is 7.05 Å². The molecule has 150 valence electrons. The van der Waals surface area contributed by atoms with Gasteiger partial charge in [-0.1, -0.05) is 24.3 Å². The first-order valence-corrected chi connectivity index (χ1v) is 10.3. The van der Waals surface area contributed by atoms with Crippen molar-refractivity contribution < 1.29 is 4.79 Å². The summed E-state index contributed by atoms with van der Waals surface area (Å²) in [6.07, 6.45) is 4.65. The fourth-order valence-corrected chi connectivity index (χ4v) is 4.35. The molecule has 0 aliphatic carbocycles. The summed E-state index contributed by atoms with van der Waals surface area (Å²) in [5.41, 5.74) is 7.35. The third-order valence-electron chi connectivity index (χ3n) is 5.79. The fourth-order valence-electron chi connectivity index (χ4n) is 4.35. The van der Waals surface area contributed by atoms with E-state index in [0.717, 1.165) is 42.9 Å². The Bertz CT molecular complexity index is 1050. The molecule has 5 nitrogen and oxygen atoms in total. The van der Waals surface area contributed by atoms with Crippen LogP contribution in [0.4, 0.5) is 0 Å². The molecule has 1 aliphatic rings. The van der Waals surface area contributed by atoms with E-state index >= 15 is 0 Å². The normalized spacial score (nSPS) is 16.4. The summed E-state index contributed by atoms with van der Waals surface area (Å²) in [6.45, 7) is 6.85. The molecular formula is C24H28N4O. The summed E-state index contributed by atoms with van der Waals surface area (Å²) >= 11 is 0. The third-order valence-corrected chi connectivity index (χ3v) is 5.79. The number of pyridine rings is 1. The quantitative estimate of drug-likeness (QED) is 0.669. The van der Waals surface area contributed by atoms with Crippen molar-refractivity contribution in [1.82, 2.24) is 19.7 Å². The van der Waals surface area contributed by atoms with Gasteiger partial charge in [-0.15, -0.1) is 0 Å². The molecule has 0 bridgehead atoms. The average Bonchev–Trinajstić information content (AvgIpc) is 3.29. The van der Waals surface area contributed by atoms with E-state index < -0.39 is 0 Å². The standard InChI is InChI=1S/C24H28N4O/c1-16-8-5-6-9-20(16)13-19-12-17(2)25-22(14-19)23-10-7-11-28(23)24(29)21-15-27(4)26-18(21)3/h5-6,8-9,12,14-15,23H,7,10-11,13H2,1-4H3. The number of rotatable bonds is 4. The molecule has 1 aliphatic heterocycles. The molecule has 0 spiro atoms. The molecule has 2 aromatic heterocycles. The lowest BCUT2D eigenvalue weighted by atomic mass is 9.98. The zero-order chi connectivity index (χ0) is 20.5. The van der Waals surface area contributed by atoms with Crippen LogP contribution in [-0.2, 0) is 13.5 Å². The fraction of sp³-hybridized carbons (Fsp3) is 0.375. The molecule has 29 heavy (non-hydrogen) atoms. The van der Waals surface area contributed by atoms with Crippen LogP contribution in [0, 0.1) is 20.8 Å². The van der Waals surface area contributed by atoms with Gasteiger partial charge in [-0.05, 0) is 68.9 Å². The summed E-state index contributed by atoms with van der Waals surface area (Å²) in [5.74, 6) is 0.0573. The number of likely N-dealkylation sites (tertiary alicyclic amines) is 1. The highest BCUT2D eigenvalue weighted by atomic mass is 16.2. The maximum absolute atomic E-state index is 13.2. The van der Waals surface area contributed by atoms with E-state index in [9.17, 15) is 4.79 Å². The topological polar surface area (TPSA) is 51.0 Å². The SMILES string of the molecule is Cc1cc(Cc2ccccc2C)cc(C2CCCN2C(=O)c2cn(C)nc2C)n1. The second-order valence-corrected chi connectivity index (χ2v) is 8.10. The van der Waals surface area contributed by atoms with E-state index in [0.29, 0.717) is 5.56 Å². The highest BCUT2D eigenvalue weighted by Crippen LogP contribution is 2.33. The molecule has 5 heteroatoms. The predicted molar refractivity (Wildman–Crippen MR) is 114 cm³/mol. The maximum atomic E-state index is 13.2. The first kappa shape index (κ1) is 19.4. The van der Waals surface area contributed by atoms with Gasteiger partial charge < -0.3 is 4.90 Å². The number of aromatic nitrogens is 3. The van der Waals surface area contributed by atoms with Gasteiger partial charge in [0.1, 0.15) is 0 Å². The van der Waals surface area contributed by atoms with Gasteiger partial charge in [-0.2, -0.15) is 5.10 Å².